The van der Waals surface area contributed by atoms with Crippen LogP contribution in [0.1, 0.15) is 44.2 Å². The molecule has 0 aromatic carbocycles. The van der Waals surface area contributed by atoms with Crippen molar-refractivity contribution in [1.29, 1.82) is 0 Å². The normalized spacial score (nSPS) is 22.6. The summed E-state index contributed by atoms with van der Waals surface area (Å²) < 4.78 is 1.30. The zero-order valence-corrected chi connectivity index (χ0v) is 12.2. The molecule has 1 atom stereocenters. The molecule has 2 saturated carbocycles. The zero-order chi connectivity index (χ0) is 12.9. The molecule has 2 aliphatic carbocycles. The first-order chi connectivity index (χ1) is 9.27. The van der Waals surface area contributed by atoms with Crippen LogP contribution < -0.4 is 5.32 Å². The van der Waals surface area contributed by atoms with Crippen molar-refractivity contribution in [2.45, 2.75) is 38.6 Å². The van der Waals surface area contributed by atoms with Crippen LogP contribution in [0.2, 0.25) is 0 Å². The Labute approximate surface area is 118 Å². The summed E-state index contributed by atoms with van der Waals surface area (Å²) in [7, 11) is 0. The molecule has 19 heavy (non-hydrogen) atoms. The lowest BCUT2D eigenvalue weighted by Crippen LogP contribution is -2.28. The van der Waals surface area contributed by atoms with E-state index in [1.165, 1.54) is 42.5 Å². The van der Waals surface area contributed by atoms with Gasteiger partial charge in [-0.15, -0.1) is 11.3 Å². The monoisotopic (exact) mass is 272 g/mol. The number of thiophene rings is 1. The fraction of sp³-hybridized carbons (Fsp3) is 0.562. The number of aromatic nitrogens is 1. The van der Waals surface area contributed by atoms with E-state index < -0.39 is 0 Å². The van der Waals surface area contributed by atoms with Crippen LogP contribution in [0.25, 0.3) is 10.2 Å². The third-order valence-electron chi connectivity index (χ3n) is 4.92. The number of hydrogen-bond donors (Lipinski definition) is 1. The molecule has 1 N–H and O–H groups in total. The standard InChI is InChI=1S/C16H20N2S/c1-11(18-10-16(5-6-16)13-2-3-13)12-8-15-14(17-9-12)4-7-19-15/h4,7-9,11,13,18H,2-3,5-6,10H2,1H3. The van der Waals surface area contributed by atoms with Gasteiger partial charge in [-0.1, -0.05) is 0 Å². The van der Waals surface area contributed by atoms with Gasteiger partial charge in [-0.05, 0) is 67.0 Å². The van der Waals surface area contributed by atoms with Gasteiger partial charge in [-0.25, -0.2) is 0 Å². The van der Waals surface area contributed by atoms with E-state index in [0.29, 0.717) is 11.5 Å². The van der Waals surface area contributed by atoms with Crippen LogP contribution in [0.4, 0.5) is 0 Å². The fourth-order valence-corrected chi connectivity index (χ4v) is 3.95. The predicted octanol–water partition coefficient (Wildman–Crippen LogP) is 4.14. The van der Waals surface area contributed by atoms with E-state index in [0.717, 1.165) is 11.4 Å². The van der Waals surface area contributed by atoms with Gasteiger partial charge >= 0.3 is 0 Å². The molecule has 1 unspecified atom stereocenters. The molecule has 2 aromatic rings. The maximum Gasteiger partial charge on any atom is 0.0809 e. The summed E-state index contributed by atoms with van der Waals surface area (Å²) in [4.78, 5) is 4.54. The summed E-state index contributed by atoms with van der Waals surface area (Å²) in [5.41, 5.74) is 3.12. The van der Waals surface area contributed by atoms with Gasteiger partial charge in [0.2, 0.25) is 0 Å². The highest BCUT2D eigenvalue weighted by Crippen LogP contribution is 2.60. The van der Waals surface area contributed by atoms with Crippen LogP contribution in [0.3, 0.4) is 0 Å². The number of fused-ring (bicyclic) bond motifs is 1. The minimum Gasteiger partial charge on any atom is -0.310 e. The molecular weight excluding hydrogens is 252 g/mol. The van der Waals surface area contributed by atoms with Crippen molar-refractivity contribution in [3.63, 3.8) is 0 Å². The van der Waals surface area contributed by atoms with Crippen LogP contribution >= 0.6 is 11.3 Å². The number of hydrogen-bond acceptors (Lipinski definition) is 3. The smallest absolute Gasteiger partial charge is 0.0809 e. The van der Waals surface area contributed by atoms with Gasteiger partial charge in [0.1, 0.15) is 0 Å². The van der Waals surface area contributed by atoms with E-state index in [1.807, 2.05) is 6.20 Å². The molecular formula is C16H20N2S. The highest BCUT2D eigenvalue weighted by molar-refractivity contribution is 7.17. The van der Waals surface area contributed by atoms with Gasteiger partial charge < -0.3 is 5.32 Å². The van der Waals surface area contributed by atoms with Gasteiger partial charge in [0.05, 0.1) is 10.2 Å². The van der Waals surface area contributed by atoms with E-state index in [9.17, 15) is 0 Å². The molecule has 100 valence electrons. The highest BCUT2D eigenvalue weighted by Gasteiger charge is 2.53. The molecule has 2 fully saturated rings. The van der Waals surface area contributed by atoms with Gasteiger partial charge in [-0.2, -0.15) is 0 Å². The van der Waals surface area contributed by atoms with Crippen molar-refractivity contribution in [3.8, 4) is 0 Å². The van der Waals surface area contributed by atoms with E-state index >= 15 is 0 Å². The molecule has 0 bridgehead atoms. The summed E-state index contributed by atoms with van der Waals surface area (Å²) in [5.74, 6) is 1.03. The van der Waals surface area contributed by atoms with Crippen LogP contribution in [0, 0.1) is 11.3 Å². The van der Waals surface area contributed by atoms with Crippen molar-refractivity contribution in [1.82, 2.24) is 10.3 Å². The van der Waals surface area contributed by atoms with Gasteiger partial charge in [0.15, 0.2) is 0 Å². The SMILES string of the molecule is CC(NCC1(C2CC2)CC1)c1cnc2ccsc2c1. The summed E-state index contributed by atoms with van der Waals surface area (Å²) >= 11 is 1.78. The van der Waals surface area contributed by atoms with Crippen molar-refractivity contribution < 1.29 is 0 Å². The second-order valence-corrected chi connectivity index (χ2v) is 7.26. The zero-order valence-electron chi connectivity index (χ0n) is 11.4. The van der Waals surface area contributed by atoms with Crippen LogP contribution in [0.5, 0.6) is 0 Å². The molecule has 2 aromatic heterocycles. The predicted molar refractivity (Wildman–Crippen MR) is 80.4 cm³/mol. The van der Waals surface area contributed by atoms with Crippen LogP contribution in [-0.2, 0) is 0 Å². The average molecular weight is 272 g/mol. The molecule has 0 amide bonds. The van der Waals surface area contributed by atoms with Crippen LogP contribution in [-0.4, -0.2) is 11.5 Å². The molecule has 4 rings (SSSR count). The van der Waals surface area contributed by atoms with Crippen LogP contribution in [0.15, 0.2) is 23.7 Å². The van der Waals surface area contributed by atoms with Gasteiger partial charge in [0.25, 0.3) is 0 Å². The number of nitrogens with zero attached hydrogens (tertiary/aromatic N) is 1. The minimum absolute atomic E-state index is 0.412. The van der Waals surface area contributed by atoms with E-state index in [1.54, 1.807) is 11.3 Å². The number of nitrogens with one attached hydrogen (secondary N) is 1. The first-order valence-electron chi connectivity index (χ1n) is 7.33. The fourth-order valence-electron chi connectivity index (χ4n) is 3.16. The largest absolute Gasteiger partial charge is 0.310 e. The third kappa shape index (κ3) is 2.19. The Kier molecular flexibility index (Phi) is 2.68. The number of rotatable bonds is 5. The minimum atomic E-state index is 0.412. The quantitative estimate of drug-likeness (QED) is 0.885. The maximum atomic E-state index is 4.54. The van der Waals surface area contributed by atoms with Gasteiger partial charge in [-0.3, -0.25) is 4.98 Å². The lowest BCUT2D eigenvalue weighted by Gasteiger charge is -2.20. The Bertz CT molecular complexity index is 596. The van der Waals surface area contributed by atoms with E-state index in [-0.39, 0.29) is 0 Å². The lowest BCUT2D eigenvalue weighted by atomic mass is 10.00. The Hall–Kier alpha value is -0.930. The molecule has 2 nitrogen and oxygen atoms in total. The molecule has 2 aliphatic rings. The first-order valence-corrected chi connectivity index (χ1v) is 8.21. The molecule has 0 spiro atoms. The Morgan fingerprint density at radius 1 is 1.47 bits per heavy atom. The molecule has 0 radical (unpaired) electrons. The average Bonchev–Trinajstić information content (AvgIpc) is 3.32. The highest BCUT2D eigenvalue weighted by atomic mass is 32.1. The lowest BCUT2D eigenvalue weighted by molar-refractivity contribution is 0.382. The molecule has 0 aliphatic heterocycles. The van der Waals surface area contributed by atoms with E-state index in [2.05, 4.69) is 34.7 Å². The summed E-state index contributed by atoms with van der Waals surface area (Å²) in [6, 6.07) is 4.80. The second-order valence-electron chi connectivity index (χ2n) is 6.31. The van der Waals surface area contributed by atoms with Crippen molar-refractivity contribution in [3.05, 3.63) is 29.3 Å². The van der Waals surface area contributed by atoms with E-state index in [4.69, 9.17) is 0 Å². The Morgan fingerprint density at radius 2 is 2.32 bits per heavy atom. The summed E-state index contributed by atoms with van der Waals surface area (Å²) in [5, 5.41) is 5.86. The second kappa shape index (κ2) is 4.29. The van der Waals surface area contributed by atoms with Crippen molar-refractivity contribution in [2.24, 2.45) is 11.3 Å². The van der Waals surface area contributed by atoms with Gasteiger partial charge in [0, 0.05) is 18.8 Å². The first kappa shape index (κ1) is 11.9. The summed E-state index contributed by atoms with van der Waals surface area (Å²) in [6.45, 7) is 3.46. The molecule has 3 heteroatoms. The number of pyridine rings is 1. The van der Waals surface area contributed by atoms with Crippen molar-refractivity contribution >= 4 is 21.6 Å². The Balaban J connectivity index is 1.45. The third-order valence-corrected chi connectivity index (χ3v) is 5.77. The van der Waals surface area contributed by atoms with Crippen molar-refractivity contribution in [2.75, 3.05) is 6.54 Å². The maximum absolute atomic E-state index is 4.54. The summed E-state index contributed by atoms with van der Waals surface area (Å²) in [6.07, 6.45) is 7.86. The molecule has 2 heterocycles. The topological polar surface area (TPSA) is 24.9 Å². The Morgan fingerprint density at radius 3 is 3.05 bits per heavy atom. The molecule has 0 saturated heterocycles.